The van der Waals surface area contributed by atoms with Crippen molar-refractivity contribution in [1.29, 1.82) is 0 Å². The van der Waals surface area contributed by atoms with Crippen LogP contribution in [0.1, 0.15) is 6.92 Å². The van der Waals surface area contributed by atoms with Gasteiger partial charge in [0, 0.05) is 21.4 Å². The molecule has 1 amide bonds. The molecule has 1 heterocycles. The van der Waals surface area contributed by atoms with Crippen LogP contribution in [0.2, 0.25) is 0 Å². The maximum atomic E-state index is 12.6. The van der Waals surface area contributed by atoms with Crippen molar-refractivity contribution in [3.8, 4) is 5.75 Å². The molecular weight excluding hydrogens is 282 g/mol. The Morgan fingerprint density at radius 2 is 1.86 bits per heavy atom. The zero-order chi connectivity index (χ0) is 15.0. The Labute approximate surface area is 128 Å². The monoisotopic (exact) mass is 297 g/mol. The third-order valence-corrected chi connectivity index (χ3v) is 4.43. The number of fused-ring (bicyclic) bond motifs is 2. The minimum Gasteiger partial charge on any atom is -0.497 e. The summed E-state index contributed by atoms with van der Waals surface area (Å²) in [6, 6.07) is 13.7. The molecule has 0 radical (unpaired) electrons. The summed E-state index contributed by atoms with van der Waals surface area (Å²) in [6.07, 6.45) is 0. The lowest BCUT2D eigenvalue weighted by atomic mass is 10.2. The van der Waals surface area contributed by atoms with E-state index in [9.17, 15) is 4.79 Å². The van der Waals surface area contributed by atoms with Gasteiger partial charge in [-0.3, -0.25) is 9.69 Å². The Morgan fingerprint density at radius 1 is 1.14 bits per heavy atom. The van der Waals surface area contributed by atoms with Gasteiger partial charge < -0.3 is 4.74 Å². The molecule has 0 fully saturated rings. The summed E-state index contributed by atoms with van der Waals surface area (Å²) < 4.78 is 5.29. The molecule has 1 aliphatic heterocycles. The molecule has 0 unspecified atom stereocenters. The zero-order valence-electron chi connectivity index (χ0n) is 11.9. The van der Waals surface area contributed by atoms with Gasteiger partial charge in [0.2, 0.25) is 0 Å². The topological polar surface area (TPSA) is 29.5 Å². The van der Waals surface area contributed by atoms with E-state index in [1.165, 1.54) is 0 Å². The van der Waals surface area contributed by atoms with Crippen molar-refractivity contribution in [2.75, 3.05) is 12.0 Å². The van der Waals surface area contributed by atoms with Gasteiger partial charge in [0.15, 0.2) is 0 Å². The van der Waals surface area contributed by atoms with Crippen molar-refractivity contribution in [3.05, 3.63) is 54.6 Å². The number of nitrogens with zero attached hydrogens (tertiary/aromatic N) is 1. The van der Waals surface area contributed by atoms with Crippen LogP contribution in [0.4, 0.5) is 11.4 Å². The molecule has 0 atom stereocenters. The normalized spacial score (nSPS) is 12.4. The van der Waals surface area contributed by atoms with Crippen LogP contribution in [0.3, 0.4) is 0 Å². The number of ether oxygens (including phenoxy) is 1. The highest BCUT2D eigenvalue weighted by Gasteiger charge is 2.28. The number of benzene rings is 2. The molecule has 2 aromatic carbocycles. The lowest BCUT2D eigenvalue weighted by molar-refractivity contribution is -0.114. The molecule has 3 rings (SSSR count). The lowest BCUT2D eigenvalue weighted by Gasteiger charge is -2.31. The zero-order valence-corrected chi connectivity index (χ0v) is 12.7. The number of amides is 1. The minimum absolute atomic E-state index is 0.0998. The highest BCUT2D eigenvalue weighted by Crippen LogP contribution is 2.49. The number of hydrogen-bond donors (Lipinski definition) is 0. The van der Waals surface area contributed by atoms with Crippen LogP contribution in [-0.2, 0) is 4.79 Å². The average molecular weight is 297 g/mol. The van der Waals surface area contributed by atoms with Crippen molar-refractivity contribution in [2.24, 2.45) is 0 Å². The first-order chi connectivity index (χ1) is 10.1. The van der Waals surface area contributed by atoms with E-state index >= 15 is 0 Å². The molecule has 0 bridgehead atoms. The highest BCUT2D eigenvalue weighted by atomic mass is 32.2. The molecular formula is C17H15NO2S. The molecule has 0 aromatic heterocycles. The minimum atomic E-state index is -0.0998. The number of hydrogen-bond acceptors (Lipinski definition) is 3. The maximum absolute atomic E-state index is 12.6. The van der Waals surface area contributed by atoms with E-state index in [0.717, 1.165) is 26.9 Å². The van der Waals surface area contributed by atoms with Crippen LogP contribution < -0.4 is 9.64 Å². The summed E-state index contributed by atoms with van der Waals surface area (Å²) in [5, 5.41) is 0. The van der Waals surface area contributed by atoms with Gasteiger partial charge in [-0.1, -0.05) is 30.5 Å². The molecule has 0 saturated carbocycles. The van der Waals surface area contributed by atoms with Crippen LogP contribution in [-0.4, -0.2) is 13.0 Å². The fourth-order valence-corrected chi connectivity index (χ4v) is 3.31. The molecule has 0 aliphatic carbocycles. The first-order valence-electron chi connectivity index (χ1n) is 6.56. The van der Waals surface area contributed by atoms with Crippen LogP contribution in [0.25, 0.3) is 0 Å². The first kappa shape index (κ1) is 13.8. The summed E-state index contributed by atoms with van der Waals surface area (Å²) in [4.78, 5) is 16.4. The Hall–Kier alpha value is -2.20. The molecule has 1 aliphatic rings. The molecule has 0 saturated heterocycles. The van der Waals surface area contributed by atoms with E-state index < -0.39 is 0 Å². The van der Waals surface area contributed by atoms with Crippen molar-refractivity contribution in [2.45, 2.75) is 16.7 Å². The second kappa shape index (κ2) is 5.30. The van der Waals surface area contributed by atoms with E-state index in [1.807, 2.05) is 42.5 Å². The summed E-state index contributed by atoms with van der Waals surface area (Å²) in [5.74, 6) is 0.630. The predicted molar refractivity (Wildman–Crippen MR) is 85.5 cm³/mol. The number of carbonyl (C=O) groups is 1. The van der Waals surface area contributed by atoms with Gasteiger partial charge in [-0.2, -0.15) is 0 Å². The average Bonchev–Trinajstić information content (AvgIpc) is 2.51. The molecule has 3 nitrogen and oxygen atoms in total. The number of carbonyl (C=O) groups excluding carboxylic acids is 1. The number of anilines is 2. The third-order valence-electron chi connectivity index (χ3n) is 3.30. The number of methoxy groups -OCH3 is 1. The quantitative estimate of drug-likeness (QED) is 0.769. The molecule has 4 heteroatoms. The summed E-state index contributed by atoms with van der Waals surface area (Å²) in [6.45, 7) is 5.52. The molecule has 0 N–H and O–H groups in total. The fraction of sp³-hybridized carbons (Fsp3) is 0.118. The SMILES string of the molecule is C=C(C)C(=O)N1c2ccccc2Sc2ccc(OC)cc21. The number of para-hydroxylation sites is 1. The number of rotatable bonds is 2. The van der Waals surface area contributed by atoms with Gasteiger partial charge in [0.1, 0.15) is 5.75 Å². The Morgan fingerprint density at radius 3 is 2.57 bits per heavy atom. The lowest BCUT2D eigenvalue weighted by Crippen LogP contribution is -2.28. The Bertz CT molecular complexity index is 739. The van der Waals surface area contributed by atoms with E-state index in [0.29, 0.717) is 5.57 Å². The van der Waals surface area contributed by atoms with Crippen molar-refractivity contribution in [3.63, 3.8) is 0 Å². The van der Waals surface area contributed by atoms with E-state index in [4.69, 9.17) is 4.74 Å². The van der Waals surface area contributed by atoms with E-state index in [-0.39, 0.29) is 5.91 Å². The second-order valence-corrected chi connectivity index (χ2v) is 5.91. The van der Waals surface area contributed by atoms with Crippen LogP contribution in [0, 0.1) is 0 Å². The van der Waals surface area contributed by atoms with Gasteiger partial charge >= 0.3 is 0 Å². The van der Waals surface area contributed by atoms with Crippen molar-refractivity contribution < 1.29 is 9.53 Å². The van der Waals surface area contributed by atoms with Gasteiger partial charge in [0.25, 0.3) is 5.91 Å². The van der Waals surface area contributed by atoms with Gasteiger partial charge in [-0.25, -0.2) is 0 Å². The second-order valence-electron chi connectivity index (χ2n) is 4.82. The smallest absolute Gasteiger partial charge is 0.257 e. The van der Waals surface area contributed by atoms with Gasteiger partial charge in [-0.15, -0.1) is 0 Å². The Balaban J connectivity index is 2.21. The summed E-state index contributed by atoms with van der Waals surface area (Å²) in [7, 11) is 1.62. The molecule has 106 valence electrons. The van der Waals surface area contributed by atoms with Gasteiger partial charge in [0.05, 0.1) is 18.5 Å². The van der Waals surface area contributed by atoms with Crippen LogP contribution in [0.5, 0.6) is 5.75 Å². The van der Waals surface area contributed by atoms with E-state index in [2.05, 4.69) is 6.58 Å². The first-order valence-corrected chi connectivity index (χ1v) is 7.38. The standard InChI is InChI=1S/C17H15NO2S/c1-11(2)17(19)18-13-6-4-5-7-15(13)21-16-9-8-12(20-3)10-14(16)18/h4-10H,1H2,2-3H3. The van der Waals surface area contributed by atoms with Crippen molar-refractivity contribution >= 4 is 29.0 Å². The summed E-state index contributed by atoms with van der Waals surface area (Å²) in [5.41, 5.74) is 2.23. The molecule has 21 heavy (non-hydrogen) atoms. The molecule has 0 spiro atoms. The van der Waals surface area contributed by atoms with Crippen LogP contribution >= 0.6 is 11.8 Å². The fourth-order valence-electron chi connectivity index (χ4n) is 2.27. The van der Waals surface area contributed by atoms with E-state index in [1.54, 1.807) is 30.7 Å². The predicted octanol–water partition coefficient (Wildman–Crippen LogP) is 4.40. The maximum Gasteiger partial charge on any atom is 0.257 e. The van der Waals surface area contributed by atoms with Crippen LogP contribution in [0.15, 0.2) is 64.4 Å². The highest BCUT2D eigenvalue weighted by molar-refractivity contribution is 7.99. The van der Waals surface area contributed by atoms with Gasteiger partial charge in [-0.05, 0) is 31.2 Å². The molecule has 2 aromatic rings. The summed E-state index contributed by atoms with van der Waals surface area (Å²) >= 11 is 1.66. The Kier molecular flexibility index (Phi) is 3.47. The third kappa shape index (κ3) is 2.32. The van der Waals surface area contributed by atoms with Crippen molar-refractivity contribution in [1.82, 2.24) is 0 Å². The largest absolute Gasteiger partial charge is 0.497 e.